The van der Waals surface area contributed by atoms with Crippen LogP contribution >= 0.6 is 0 Å². The quantitative estimate of drug-likeness (QED) is 0.489. The van der Waals surface area contributed by atoms with Crippen LogP contribution in [0.5, 0.6) is 0 Å². The second kappa shape index (κ2) is 9.86. The van der Waals surface area contributed by atoms with Crippen LogP contribution in [-0.2, 0) is 0 Å². The summed E-state index contributed by atoms with van der Waals surface area (Å²) >= 11 is 0. The van der Waals surface area contributed by atoms with Crippen molar-refractivity contribution in [2.24, 2.45) is 11.3 Å². The van der Waals surface area contributed by atoms with E-state index in [2.05, 4.69) is 19.2 Å². The molecule has 0 aliphatic rings. The molecule has 0 amide bonds. The summed E-state index contributed by atoms with van der Waals surface area (Å²) in [7, 11) is 0. The lowest BCUT2D eigenvalue weighted by atomic mass is 9.93. The van der Waals surface area contributed by atoms with Crippen LogP contribution in [0.2, 0.25) is 0 Å². The number of aliphatic hydroxyl groups excluding tert-OH is 2. The Morgan fingerprint density at radius 2 is 1.59 bits per heavy atom. The van der Waals surface area contributed by atoms with E-state index in [9.17, 15) is 0 Å². The minimum absolute atomic E-state index is 0.0326. The molecule has 0 unspecified atom stereocenters. The Labute approximate surface area is 107 Å². The Morgan fingerprint density at radius 3 is 2.12 bits per heavy atom. The summed E-state index contributed by atoms with van der Waals surface area (Å²) in [4.78, 5) is 0. The summed E-state index contributed by atoms with van der Waals surface area (Å²) in [6.07, 6.45) is 6.44. The third-order valence-corrected chi connectivity index (χ3v) is 3.20. The first-order valence-corrected chi connectivity index (χ1v) is 6.96. The van der Waals surface area contributed by atoms with E-state index in [-0.39, 0.29) is 18.6 Å². The average Bonchev–Trinajstić information content (AvgIpc) is 2.32. The fourth-order valence-electron chi connectivity index (χ4n) is 1.71. The first-order chi connectivity index (χ1) is 8.04. The van der Waals surface area contributed by atoms with Crippen molar-refractivity contribution in [3.05, 3.63) is 0 Å². The van der Waals surface area contributed by atoms with Crippen molar-refractivity contribution < 1.29 is 10.2 Å². The van der Waals surface area contributed by atoms with E-state index in [1.54, 1.807) is 0 Å². The van der Waals surface area contributed by atoms with Gasteiger partial charge in [0.1, 0.15) is 0 Å². The van der Waals surface area contributed by atoms with Crippen molar-refractivity contribution in [1.29, 1.82) is 0 Å². The molecule has 0 saturated carbocycles. The molecule has 0 aliphatic heterocycles. The summed E-state index contributed by atoms with van der Waals surface area (Å²) in [5.74, 6) is 0.822. The van der Waals surface area contributed by atoms with Crippen LogP contribution in [0.3, 0.4) is 0 Å². The highest BCUT2D eigenvalue weighted by atomic mass is 16.3. The second-order valence-corrected chi connectivity index (χ2v) is 5.90. The monoisotopic (exact) mass is 245 g/mol. The Hall–Kier alpha value is -0.120. The molecule has 0 bridgehead atoms. The molecule has 104 valence electrons. The van der Waals surface area contributed by atoms with Crippen molar-refractivity contribution in [2.45, 2.75) is 52.9 Å². The largest absolute Gasteiger partial charge is 0.396 e. The van der Waals surface area contributed by atoms with Gasteiger partial charge in [-0.1, -0.05) is 46.5 Å². The molecule has 0 radical (unpaired) electrons. The maximum absolute atomic E-state index is 9.11. The van der Waals surface area contributed by atoms with Gasteiger partial charge < -0.3 is 15.5 Å². The van der Waals surface area contributed by atoms with E-state index in [1.807, 2.05) is 6.92 Å². The topological polar surface area (TPSA) is 52.5 Å². The molecule has 0 aliphatic carbocycles. The molecule has 0 heterocycles. The number of aliphatic hydroxyl groups is 2. The number of nitrogens with one attached hydrogen (secondary N) is 1. The Morgan fingerprint density at radius 1 is 1.00 bits per heavy atom. The lowest BCUT2D eigenvalue weighted by molar-refractivity contribution is 0.0698. The first-order valence-electron chi connectivity index (χ1n) is 6.96. The second-order valence-electron chi connectivity index (χ2n) is 5.90. The molecule has 0 aromatic heterocycles. The van der Waals surface area contributed by atoms with Crippen LogP contribution in [0, 0.1) is 11.3 Å². The molecule has 3 N–H and O–H groups in total. The Bertz CT molecular complexity index is 168. The summed E-state index contributed by atoms with van der Waals surface area (Å²) in [5.41, 5.74) is -0.377. The van der Waals surface area contributed by atoms with Crippen LogP contribution in [0.4, 0.5) is 0 Å². The summed E-state index contributed by atoms with van der Waals surface area (Å²) < 4.78 is 0. The van der Waals surface area contributed by atoms with Gasteiger partial charge in [0.15, 0.2) is 0 Å². The van der Waals surface area contributed by atoms with Gasteiger partial charge in [0.2, 0.25) is 0 Å². The zero-order valence-corrected chi connectivity index (χ0v) is 11.8. The van der Waals surface area contributed by atoms with Gasteiger partial charge in [-0.2, -0.15) is 0 Å². The lowest BCUT2D eigenvalue weighted by Gasteiger charge is -2.24. The van der Waals surface area contributed by atoms with Gasteiger partial charge in [-0.05, 0) is 18.9 Å². The highest BCUT2D eigenvalue weighted by Crippen LogP contribution is 2.12. The van der Waals surface area contributed by atoms with Gasteiger partial charge in [-0.3, -0.25) is 0 Å². The maximum Gasteiger partial charge on any atom is 0.0518 e. The van der Waals surface area contributed by atoms with Crippen LogP contribution in [-0.4, -0.2) is 36.5 Å². The summed E-state index contributed by atoms with van der Waals surface area (Å²) in [6.45, 7) is 8.17. The Balaban J connectivity index is 3.29. The van der Waals surface area contributed by atoms with Gasteiger partial charge in [0.05, 0.1) is 13.2 Å². The molecule has 0 fully saturated rings. The molecule has 0 spiro atoms. The Kier molecular flexibility index (Phi) is 9.79. The maximum atomic E-state index is 9.11. The van der Waals surface area contributed by atoms with E-state index in [1.165, 1.54) is 32.1 Å². The van der Waals surface area contributed by atoms with Gasteiger partial charge in [0, 0.05) is 12.0 Å². The SMILES string of the molecule is CC(C)CCCCCCNCC(C)(CO)CO. The standard InChI is InChI=1S/C14H31NO2/c1-13(2)8-6-4-5-7-9-15-10-14(3,11-16)12-17/h13,15-17H,4-12H2,1-3H3. The van der Waals surface area contributed by atoms with E-state index >= 15 is 0 Å². The van der Waals surface area contributed by atoms with Crippen LogP contribution in [0.1, 0.15) is 52.9 Å². The van der Waals surface area contributed by atoms with Crippen molar-refractivity contribution in [1.82, 2.24) is 5.32 Å². The molecule has 0 rings (SSSR count). The van der Waals surface area contributed by atoms with Crippen molar-refractivity contribution in [3.8, 4) is 0 Å². The first kappa shape index (κ1) is 16.9. The van der Waals surface area contributed by atoms with Crippen LogP contribution in [0.15, 0.2) is 0 Å². The van der Waals surface area contributed by atoms with Crippen molar-refractivity contribution in [2.75, 3.05) is 26.3 Å². The third kappa shape index (κ3) is 9.57. The molecule has 0 atom stereocenters. The number of hydrogen-bond donors (Lipinski definition) is 3. The average molecular weight is 245 g/mol. The molecule has 0 saturated heterocycles. The zero-order valence-electron chi connectivity index (χ0n) is 11.8. The minimum atomic E-state index is -0.377. The molecule has 3 nitrogen and oxygen atoms in total. The molecule has 0 aromatic rings. The molecule has 17 heavy (non-hydrogen) atoms. The van der Waals surface area contributed by atoms with Gasteiger partial charge >= 0.3 is 0 Å². The van der Waals surface area contributed by atoms with E-state index < -0.39 is 0 Å². The molecular weight excluding hydrogens is 214 g/mol. The third-order valence-electron chi connectivity index (χ3n) is 3.20. The van der Waals surface area contributed by atoms with Crippen LogP contribution < -0.4 is 5.32 Å². The van der Waals surface area contributed by atoms with Gasteiger partial charge in [-0.25, -0.2) is 0 Å². The fraction of sp³-hybridized carbons (Fsp3) is 1.00. The van der Waals surface area contributed by atoms with Crippen LogP contribution in [0.25, 0.3) is 0 Å². The highest BCUT2D eigenvalue weighted by molar-refractivity contribution is 4.74. The fourth-order valence-corrected chi connectivity index (χ4v) is 1.71. The van der Waals surface area contributed by atoms with Gasteiger partial charge in [-0.15, -0.1) is 0 Å². The molecule has 3 heteroatoms. The summed E-state index contributed by atoms with van der Waals surface area (Å²) in [5, 5.41) is 21.5. The number of hydrogen-bond acceptors (Lipinski definition) is 3. The normalized spacial score (nSPS) is 12.4. The van der Waals surface area contributed by atoms with Crippen molar-refractivity contribution in [3.63, 3.8) is 0 Å². The molecule has 0 aromatic carbocycles. The minimum Gasteiger partial charge on any atom is -0.396 e. The highest BCUT2D eigenvalue weighted by Gasteiger charge is 2.21. The van der Waals surface area contributed by atoms with E-state index in [4.69, 9.17) is 10.2 Å². The predicted octanol–water partition coefficient (Wildman–Crippen LogP) is 2.17. The number of rotatable bonds is 11. The lowest BCUT2D eigenvalue weighted by Crippen LogP contribution is -2.38. The number of unbranched alkanes of at least 4 members (excludes halogenated alkanes) is 3. The van der Waals surface area contributed by atoms with E-state index in [0.29, 0.717) is 6.54 Å². The van der Waals surface area contributed by atoms with Gasteiger partial charge in [0.25, 0.3) is 0 Å². The smallest absolute Gasteiger partial charge is 0.0518 e. The van der Waals surface area contributed by atoms with Crippen molar-refractivity contribution >= 4 is 0 Å². The zero-order chi connectivity index (χ0) is 13.1. The predicted molar refractivity (Wildman–Crippen MR) is 73.1 cm³/mol. The molecular formula is C14H31NO2. The van der Waals surface area contributed by atoms with E-state index in [0.717, 1.165) is 12.5 Å². The summed E-state index contributed by atoms with van der Waals surface area (Å²) in [6, 6.07) is 0.